The van der Waals surface area contributed by atoms with E-state index in [0.29, 0.717) is 30.4 Å². The second-order valence-electron chi connectivity index (χ2n) is 10.7. The van der Waals surface area contributed by atoms with Crippen molar-refractivity contribution in [3.05, 3.63) is 72.4 Å². The summed E-state index contributed by atoms with van der Waals surface area (Å²) in [6, 6.07) is 14.4. The molecule has 4 atom stereocenters. The number of nitrogens with one attached hydrogen (secondary N) is 3. The van der Waals surface area contributed by atoms with E-state index in [9.17, 15) is 15.0 Å². The fourth-order valence-electron chi connectivity index (χ4n) is 5.62. The molecule has 41 heavy (non-hydrogen) atoms. The number of nitrogens with zero attached hydrogens (tertiary/aromatic N) is 5. The van der Waals surface area contributed by atoms with E-state index < -0.39 is 30.4 Å². The lowest BCUT2D eigenvalue weighted by Crippen LogP contribution is -2.45. The molecule has 0 spiro atoms. The van der Waals surface area contributed by atoms with Gasteiger partial charge in [0, 0.05) is 35.9 Å². The Morgan fingerprint density at radius 2 is 1.93 bits per heavy atom. The van der Waals surface area contributed by atoms with Crippen molar-refractivity contribution in [3.63, 3.8) is 0 Å². The predicted octanol–water partition coefficient (Wildman–Crippen LogP) is 1.44. The highest BCUT2D eigenvalue weighted by molar-refractivity contribution is 5.85. The van der Waals surface area contributed by atoms with Gasteiger partial charge in [0.15, 0.2) is 24.0 Å². The van der Waals surface area contributed by atoms with Gasteiger partial charge in [0.1, 0.15) is 24.2 Å². The van der Waals surface area contributed by atoms with Crippen molar-refractivity contribution in [2.75, 3.05) is 28.7 Å². The summed E-state index contributed by atoms with van der Waals surface area (Å²) in [5, 5.41) is 32.0. The third-order valence-electron chi connectivity index (χ3n) is 7.87. The van der Waals surface area contributed by atoms with Crippen LogP contribution in [-0.2, 0) is 22.5 Å². The van der Waals surface area contributed by atoms with Crippen molar-refractivity contribution in [3.8, 4) is 0 Å². The van der Waals surface area contributed by atoms with Crippen LogP contribution in [0.5, 0.6) is 0 Å². The first kappa shape index (κ1) is 25.7. The summed E-state index contributed by atoms with van der Waals surface area (Å²) in [5.74, 6) is 0.764. The van der Waals surface area contributed by atoms with Crippen molar-refractivity contribution in [1.82, 2.24) is 24.8 Å². The standard InChI is InChI=1S/C29H32N8O4/c38-23-24(39)29(41-25(23)28(40)35-18-8-9-18)37-16-34-22-26(32-15-33-27(22)37)31-12-10-17-13-36(14-19-5-3-4-11-30-19)21-7-2-1-6-20(17)21/h1-7,11,13,15,18,23-25,29,34,38-39H,8-10,12,14,16H2,(H,35,40)(H,31,32,33)/t23-,24+,25-,29?/m0/s1. The zero-order chi connectivity index (χ0) is 27.9. The number of hydrogen-bond donors (Lipinski definition) is 5. The molecule has 5 heterocycles. The summed E-state index contributed by atoms with van der Waals surface area (Å²) in [7, 11) is 0. The third-order valence-corrected chi connectivity index (χ3v) is 7.87. The van der Waals surface area contributed by atoms with Crippen molar-refractivity contribution in [2.45, 2.75) is 56.4 Å². The molecular weight excluding hydrogens is 524 g/mol. The zero-order valence-electron chi connectivity index (χ0n) is 22.3. The summed E-state index contributed by atoms with van der Waals surface area (Å²) in [6.45, 7) is 1.61. The number of ether oxygens (including phenoxy) is 1. The number of fused-ring (bicyclic) bond motifs is 2. The number of anilines is 3. The predicted molar refractivity (Wildman–Crippen MR) is 152 cm³/mol. The number of hydrogen-bond acceptors (Lipinski definition) is 10. The van der Waals surface area contributed by atoms with Gasteiger partial charge in [0.05, 0.1) is 18.9 Å². The van der Waals surface area contributed by atoms with E-state index in [2.05, 4.69) is 59.9 Å². The third kappa shape index (κ3) is 4.94. The minimum absolute atomic E-state index is 0.127. The number of carbonyl (C=O) groups is 1. The van der Waals surface area contributed by atoms with Crippen LogP contribution in [0.4, 0.5) is 17.3 Å². The molecule has 1 saturated carbocycles. The van der Waals surface area contributed by atoms with Crippen LogP contribution in [0.2, 0.25) is 0 Å². The number of para-hydroxylation sites is 1. The van der Waals surface area contributed by atoms with E-state index >= 15 is 0 Å². The first-order valence-electron chi connectivity index (χ1n) is 13.9. The number of amides is 1. The second-order valence-corrected chi connectivity index (χ2v) is 10.7. The van der Waals surface area contributed by atoms with E-state index in [1.54, 1.807) is 4.90 Å². The smallest absolute Gasteiger partial charge is 0.252 e. The van der Waals surface area contributed by atoms with Crippen LogP contribution in [-0.4, -0.2) is 79.4 Å². The van der Waals surface area contributed by atoms with Crippen molar-refractivity contribution in [2.24, 2.45) is 0 Å². The molecule has 1 amide bonds. The van der Waals surface area contributed by atoms with Crippen LogP contribution >= 0.6 is 0 Å². The maximum absolute atomic E-state index is 12.5. The Labute approximate surface area is 236 Å². The summed E-state index contributed by atoms with van der Waals surface area (Å²) in [4.78, 5) is 27.6. The van der Waals surface area contributed by atoms with Gasteiger partial charge in [-0.1, -0.05) is 24.3 Å². The molecule has 12 heteroatoms. The fourth-order valence-corrected chi connectivity index (χ4v) is 5.62. The van der Waals surface area contributed by atoms with Crippen LogP contribution in [0.25, 0.3) is 10.9 Å². The minimum atomic E-state index is -1.33. The maximum atomic E-state index is 12.5. The highest BCUT2D eigenvalue weighted by Gasteiger charge is 2.51. The molecule has 5 N–H and O–H groups in total. The average Bonchev–Trinajstić information content (AvgIpc) is 3.48. The van der Waals surface area contributed by atoms with Gasteiger partial charge >= 0.3 is 0 Å². The molecule has 0 radical (unpaired) electrons. The van der Waals surface area contributed by atoms with Crippen LogP contribution < -0.4 is 20.9 Å². The summed E-state index contributed by atoms with van der Waals surface area (Å²) in [5.41, 5.74) is 4.07. The molecule has 4 aromatic rings. The molecule has 7 rings (SSSR count). The van der Waals surface area contributed by atoms with E-state index in [4.69, 9.17) is 4.74 Å². The average molecular weight is 557 g/mol. The molecule has 1 aromatic carbocycles. The van der Waals surface area contributed by atoms with Gasteiger partial charge in [-0.15, -0.1) is 0 Å². The molecule has 212 valence electrons. The quantitative estimate of drug-likeness (QED) is 0.205. The van der Waals surface area contributed by atoms with Gasteiger partial charge in [0.25, 0.3) is 5.91 Å². The zero-order valence-corrected chi connectivity index (χ0v) is 22.3. The van der Waals surface area contributed by atoms with Crippen molar-refractivity contribution < 1.29 is 19.7 Å². The van der Waals surface area contributed by atoms with Gasteiger partial charge in [0.2, 0.25) is 0 Å². The SMILES string of the molecule is O=C(NC1CC1)[C@H]1OC(N2CNc3c(NCCc4cn(Cc5ccccn5)c5ccccc45)ncnc32)[C@H](O)[C@@H]1O. The molecule has 3 aromatic heterocycles. The number of rotatable bonds is 9. The number of aromatic nitrogens is 4. The fraction of sp³-hybridized carbons (Fsp3) is 0.379. The van der Waals surface area contributed by atoms with Gasteiger partial charge in [-0.3, -0.25) is 9.78 Å². The number of aliphatic hydroxyl groups excluding tert-OH is 2. The minimum Gasteiger partial charge on any atom is -0.387 e. The first-order valence-corrected chi connectivity index (χ1v) is 13.9. The molecule has 0 bridgehead atoms. The topological polar surface area (TPSA) is 150 Å². The van der Waals surface area contributed by atoms with E-state index in [1.807, 2.05) is 30.5 Å². The van der Waals surface area contributed by atoms with Gasteiger partial charge < -0.3 is 40.4 Å². The number of carbonyl (C=O) groups excluding carboxylic acids is 1. The molecule has 12 nitrogen and oxygen atoms in total. The number of pyridine rings is 1. The molecule has 1 saturated heterocycles. The number of benzene rings is 1. The van der Waals surface area contributed by atoms with Crippen LogP contribution in [0.1, 0.15) is 24.1 Å². The van der Waals surface area contributed by atoms with E-state index in [1.165, 1.54) is 17.3 Å². The lowest BCUT2D eigenvalue weighted by molar-refractivity contribution is -0.135. The lowest BCUT2D eigenvalue weighted by atomic mass is 10.1. The normalized spacial score (nSPS) is 23.4. The summed E-state index contributed by atoms with van der Waals surface area (Å²) in [6.07, 6.45) is 3.39. The van der Waals surface area contributed by atoms with Crippen LogP contribution in [0, 0.1) is 0 Å². The highest BCUT2D eigenvalue weighted by atomic mass is 16.6. The van der Waals surface area contributed by atoms with Gasteiger partial charge in [-0.25, -0.2) is 9.97 Å². The largest absolute Gasteiger partial charge is 0.387 e. The van der Waals surface area contributed by atoms with Crippen LogP contribution in [0.3, 0.4) is 0 Å². The molecule has 2 fully saturated rings. The van der Waals surface area contributed by atoms with Crippen molar-refractivity contribution >= 4 is 34.1 Å². The molecule has 1 unspecified atom stereocenters. The Morgan fingerprint density at radius 1 is 1.07 bits per heavy atom. The molecule has 2 aliphatic heterocycles. The Morgan fingerprint density at radius 3 is 2.76 bits per heavy atom. The van der Waals surface area contributed by atoms with Gasteiger partial charge in [-0.2, -0.15) is 0 Å². The van der Waals surface area contributed by atoms with Gasteiger partial charge in [-0.05, 0) is 43.0 Å². The molecule has 3 aliphatic rings. The summed E-state index contributed by atoms with van der Waals surface area (Å²) >= 11 is 0. The van der Waals surface area contributed by atoms with Crippen molar-refractivity contribution in [1.29, 1.82) is 0 Å². The lowest BCUT2D eigenvalue weighted by Gasteiger charge is -2.26. The Balaban J connectivity index is 1.04. The molecule has 1 aliphatic carbocycles. The Bertz CT molecular complexity index is 1560. The highest BCUT2D eigenvalue weighted by Crippen LogP contribution is 2.38. The van der Waals surface area contributed by atoms with Crippen LogP contribution in [0.15, 0.2) is 61.2 Å². The monoisotopic (exact) mass is 556 g/mol. The first-order chi connectivity index (χ1) is 20.1. The Kier molecular flexibility index (Phi) is 6.65. The second kappa shape index (κ2) is 10.6. The Hall–Kier alpha value is -4.26. The molecular formula is C29H32N8O4. The van der Waals surface area contributed by atoms with E-state index in [0.717, 1.165) is 30.5 Å². The maximum Gasteiger partial charge on any atom is 0.252 e. The summed E-state index contributed by atoms with van der Waals surface area (Å²) < 4.78 is 8.10. The van der Waals surface area contributed by atoms with E-state index in [-0.39, 0.29) is 12.7 Å². The number of aliphatic hydroxyl groups is 2.